The normalized spacial score (nSPS) is 12.6. The van der Waals surface area contributed by atoms with E-state index in [2.05, 4.69) is 41.3 Å². The van der Waals surface area contributed by atoms with Gasteiger partial charge in [-0.25, -0.2) is 4.98 Å². The number of rotatable bonds is 6. The Balaban J connectivity index is 1.79. The molecule has 18 heavy (non-hydrogen) atoms. The molecule has 3 nitrogen and oxygen atoms in total. The van der Waals surface area contributed by atoms with Gasteiger partial charge in [0.25, 0.3) is 0 Å². The van der Waals surface area contributed by atoms with Gasteiger partial charge in [-0.2, -0.15) is 0 Å². The minimum Gasteiger partial charge on any atom is -0.308 e. The Morgan fingerprint density at radius 3 is 2.78 bits per heavy atom. The van der Waals surface area contributed by atoms with Crippen molar-refractivity contribution >= 4 is 11.3 Å². The molecule has 0 saturated heterocycles. The molecule has 1 unspecified atom stereocenters. The van der Waals surface area contributed by atoms with Gasteiger partial charge in [0.05, 0.1) is 6.04 Å². The first kappa shape index (κ1) is 13.2. The molecule has 0 bridgehead atoms. The maximum Gasteiger partial charge on any atom is 0.109 e. The van der Waals surface area contributed by atoms with E-state index in [1.165, 1.54) is 15.4 Å². The second kappa shape index (κ2) is 6.61. The van der Waals surface area contributed by atoms with Crippen LogP contribution < -0.4 is 5.32 Å². The van der Waals surface area contributed by atoms with Crippen LogP contribution in [-0.2, 0) is 12.8 Å². The van der Waals surface area contributed by atoms with Gasteiger partial charge in [0.1, 0.15) is 5.01 Å². The number of pyridine rings is 1. The van der Waals surface area contributed by atoms with Crippen molar-refractivity contribution in [2.24, 2.45) is 0 Å². The third-order valence-corrected chi connectivity index (χ3v) is 4.23. The highest BCUT2D eigenvalue weighted by Crippen LogP contribution is 2.20. The van der Waals surface area contributed by atoms with Crippen LogP contribution in [0.25, 0.3) is 0 Å². The van der Waals surface area contributed by atoms with E-state index >= 15 is 0 Å². The Kier molecular flexibility index (Phi) is 4.84. The summed E-state index contributed by atoms with van der Waals surface area (Å²) >= 11 is 1.80. The van der Waals surface area contributed by atoms with E-state index in [-0.39, 0.29) is 0 Å². The summed E-state index contributed by atoms with van der Waals surface area (Å²) in [5.74, 6) is 0. The van der Waals surface area contributed by atoms with Crippen LogP contribution in [0.3, 0.4) is 0 Å². The first-order chi connectivity index (χ1) is 8.79. The summed E-state index contributed by atoms with van der Waals surface area (Å²) in [4.78, 5) is 9.83. The van der Waals surface area contributed by atoms with Crippen molar-refractivity contribution in [2.45, 2.75) is 32.7 Å². The van der Waals surface area contributed by atoms with Gasteiger partial charge in [-0.05, 0) is 44.0 Å². The predicted molar refractivity (Wildman–Crippen MR) is 75.9 cm³/mol. The largest absolute Gasteiger partial charge is 0.308 e. The minimum atomic E-state index is 0.331. The zero-order valence-electron chi connectivity index (χ0n) is 10.9. The number of aryl methyl sites for hydroxylation is 1. The van der Waals surface area contributed by atoms with Gasteiger partial charge in [0, 0.05) is 23.5 Å². The van der Waals surface area contributed by atoms with E-state index in [1.54, 1.807) is 11.3 Å². The van der Waals surface area contributed by atoms with Crippen molar-refractivity contribution in [3.8, 4) is 0 Å². The molecule has 2 rings (SSSR count). The van der Waals surface area contributed by atoms with Crippen molar-refractivity contribution in [1.29, 1.82) is 0 Å². The fourth-order valence-electron chi connectivity index (χ4n) is 1.76. The average Bonchev–Trinajstić information content (AvgIpc) is 2.89. The Morgan fingerprint density at radius 1 is 1.33 bits per heavy atom. The number of hydrogen-bond acceptors (Lipinski definition) is 4. The molecule has 2 heterocycles. The van der Waals surface area contributed by atoms with Crippen molar-refractivity contribution in [3.63, 3.8) is 0 Å². The maximum atomic E-state index is 4.46. The van der Waals surface area contributed by atoms with Crippen molar-refractivity contribution < 1.29 is 0 Å². The molecule has 0 aliphatic heterocycles. The molecule has 1 N–H and O–H groups in total. The smallest absolute Gasteiger partial charge is 0.109 e. The molecule has 0 amide bonds. The summed E-state index contributed by atoms with van der Waals surface area (Å²) in [6.07, 6.45) is 7.77. The highest BCUT2D eigenvalue weighted by molar-refractivity contribution is 7.11. The van der Waals surface area contributed by atoms with E-state index in [0.717, 1.165) is 19.4 Å². The Labute approximate surface area is 112 Å². The summed E-state index contributed by atoms with van der Waals surface area (Å²) < 4.78 is 0. The highest BCUT2D eigenvalue weighted by atomic mass is 32.1. The Morgan fingerprint density at radius 2 is 2.11 bits per heavy atom. The van der Waals surface area contributed by atoms with E-state index in [1.807, 2.05) is 18.6 Å². The molecule has 2 aromatic heterocycles. The van der Waals surface area contributed by atoms with Crippen LogP contribution in [0.5, 0.6) is 0 Å². The molecule has 2 aromatic rings. The van der Waals surface area contributed by atoms with E-state index < -0.39 is 0 Å². The lowest BCUT2D eigenvalue weighted by molar-refractivity contribution is 0.574. The van der Waals surface area contributed by atoms with Crippen LogP contribution in [0, 0.1) is 0 Å². The molecule has 4 heteroatoms. The van der Waals surface area contributed by atoms with Crippen LogP contribution in [-0.4, -0.2) is 16.5 Å². The van der Waals surface area contributed by atoms with Crippen LogP contribution in [0.4, 0.5) is 0 Å². The second-order valence-corrected chi connectivity index (χ2v) is 5.45. The van der Waals surface area contributed by atoms with Crippen LogP contribution in [0.15, 0.2) is 30.7 Å². The fourth-order valence-corrected chi connectivity index (χ4v) is 2.64. The second-order valence-electron chi connectivity index (χ2n) is 4.30. The van der Waals surface area contributed by atoms with Crippen LogP contribution >= 0.6 is 11.3 Å². The number of hydrogen-bond donors (Lipinski definition) is 1. The molecule has 1 atom stereocenters. The molecule has 0 radical (unpaired) electrons. The van der Waals surface area contributed by atoms with E-state index in [0.29, 0.717) is 6.04 Å². The lowest BCUT2D eigenvalue weighted by Crippen LogP contribution is -2.21. The molecule has 0 saturated carbocycles. The number of aromatic nitrogens is 2. The van der Waals surface area contributed by atoms with E-state index in [9.17, 15) is 0 Å². The van der Waals surface area contributed by atoms with Gasteiger partial charge in [-0.3, -0.25) is 4.98 Å². The minimum absolute atomic E-state index is 0.331. The quantitative estimate of drug-likeness (QED) is 0.868. The third kappa shape index (κ3) is 3.62. The van der Waals surface area contributed by atoms with E-state index in [4.69, 9.17) is 0 Å². The number of nitrogens with one attached hydrogen (secondary N) is 1. The maximum absolute atomic E-state index is 4.46. The summed E-state index contributed by atoms with van der Waals surface area (Å²) in [6, 6.07) is 4.45. The van der Waals surface area contributed by atoms with Crippen LogP contribution in [0.1, 0.15) is 35.3 Å². The topological polar surface area (TPSA) is 37.8 Å². The molecule has 96 valence electrons. The van der Waals surface area contributed by atoms with Gasteiger partial charge in [-0.15, -0.1) is 11.3 Å². The van der Waals surface area contributed by atoms with Gasteiger partial charge < -0.3 is 5.32 Å². The van der Waals surface area contributed by atoms with Crippen LogP contribution in [0.2, 0.25) is 0 Å². The van der Waals surface area contributed by atoms with Crippen molar-refractivity contribution in [2.75, 3.05) is 6.54 Å². The molecular weight excluding hydrogens is 242 g/mol. The lowest BCUT2D eigenvalue weighted by atomic mass is 10.2. The Hall–Kier alpha value is -1.26. The van der Waals surface area contributed by atoms with Gasteiger partial charge in [0.2, 0.25) is 0 Å². The van der Waals surface area contributed by atoms with Gasteiger partial charge >= 0.3 is 0 Å². The molecule has 0 fully saturated rings. The lowest BCUT2D eigenvalue weighted by Gasteiger charge is -2.10. The standard InChI is InChI=1S/C14H19N3S/c1-3-13-10-17-14(18-13)11(2)16-9-6-12-4-7-15-8-5-12/h4-5,7-8,10-11,16H,3,6,9H2,1-2H3. The zero-order valence-corrected chi connectivity index (χ0v) is 11.7. The summed E-state index contributed by atoms with van der Waals surface area (Å²) in [5, 5.41) is 4.69. The molecule has 0 aromatic carbocycles. The zero-order chi connectivity index (χ0) is 12.8. The number of nitrogens with zero attached hydrogens (tertiary/aromatic N) is 2. The first-order valence-electron chi connectivity index (χ1n) is 6.36. The SMILES string of the molecule is CCc1cnc(C(C)NCCc2ccncc2)s1. The summed E-state index contributed by atoms with van der Waals surface area (Å²) in [7, 11) is 0. The predicted octanol–water partition coefficient (Wildman–Crippen LogP) is 2.99. The van der Waals surface area contributed by atoms with Crippen molar-refractivity contribution in [1.82, 2.24) is 15.3 Å². The third-order valence-electron chi connectivity index (χ3n) is 2.90. The first-order valence-corrected chi connectivity index (χ1v) is 7.18. The molecule has 0 spiro atoms. The Bertz CT molecular complexity index is 467. The van der Waals surface area contributed by atoms with Gasteiger partial charge in [-0.1, -0.05) is 6.92 Å². The molecule has 0 aliphatic carbocycles. The molecule has 0 aliphatic rings. The van der Waals surface area contributed by atoms with Crippen molar-refractivity contribution in [3.05, 3.63) is 46.2 Å². The fraction of sp³-hybridized carbons (Fsp3) is 0.429. The highest BCUT2D eigenvalue weighted by Gasteiger charge is 2.08. The monoisotopic (exact) mass is 261 g/mol. The summed E-state index contributed by atoms with van der Waals surface area (Å²) in [6.45, 7) is 5.30. The number of thiazole rings is 1. The van der Waals surface area contributed by atoms with Gasteiger partial charge in [0.15, 0.2) is 0 Å². The summed E-state index contributed by atoms with van der Waals surface area (Å²) in [5.41, 5.74) is 1.32. The average molecular weight is 261 g/mol. The molecular formula is C14H19N3S.